The highest BCUT2D eigenvalue weighted by Crippen LogP contribution is 2.57. The Morgan fingerprint density at radius 3 is 1.26 bits per heavy atom. The Labute approximate surface area is 171 Å². The third-order valence-electron chi connectivity index (χ3n) is 4.64. The molecule has 0 bridgehead atoms. The Morgan fingerprint density at radius 1 is 0.677 bits per heavy atom. The van der Waals surface area contributed by atoms with Crippen molar-refractivity contribution in [3.8, 4) is 11.5 Å². The molecule has 0 aliphatic carbocycles. The minimum atomic E-state index is -5.97. The van der Waals surface area contributed by atoms with Crippen LogP contribution in [0, 0.1) is 0 Å². The fraction of sp³-hybridized carbons (Fsp3) is 0.238. The van der Waals surface area contributed by atoms with Gasteiger partial charge in [0.25, 0.3) is 0 Å². The molecule has 0 unspecified atom stereocenters. The first-order chi connectivity index (χ1) is 14.1. The summed E-state index contributed by atoms with van der Waals surface area (Å²) in [6.45, 7) is 5.79. The van der Waals surface area contributed by atoms with Crippen LogP contribution in [-0.4, -0.2) is 22.6 Å². The number of rotatable bonds is 6. The van der Waals surface area contributed by atoms with Crippen molar-refractivity contribution in [1.29, 1.82) is 0 Å². The highest BCUT2D eigenvalue weighted by Gasteiger charge is 2.72. The molecule has 0 radical (unpaired) electrons. The first-order valence-corrected chi connectivity index (χ1v) is 8.56. The summed E-state index contributed by atoms with van der Waals surface area (Å²) in [6, 6.07) is 2.79. The van der Waals surface area contributed by atoms with Crippen LogP contribution in [0.4, 0.5) is 35.1 Å². The zero-order valence-electron chi connectivity index (χ0n) is 15.7. The summed E-state index contributed by atoms with van der Waals surface area (Å²) >= 11 is 0. The summed E-state index contributed by atoms with van der Waals surface area (Å²) < 4.78 is 112. The molecule has 0 atom stereocenters. The van der Waals surface area contributed by atoms with Gasteiger partial charge in [-0.05, 0) is 23.3 Å². The van der Waals surface area contributed by atoms with Crippen LogP contribution in [0.15, 0.2) is 61.2 Å². The van der Waals surface area contributed by atoms with Crippen LogP contribution in [0.3, 0.4) is 0 Å². The molecule has 0 aromatic heterocycles. The summed E-state index contributed by atoms with van der Waals surface area (Å²) in [5.41, 5.74) is -8.41. The SMILES string of the molecule is C=C(F)Cc1cc(C(c2ccc(O)c(CC(=C)F)c2)(C(F)(F)F)C(F)(F)F)ccc1O. The van der Waals surface area contributed by atoms with Crippen molar-refractivity contribution in [2.75, 3.05) is 0 Å². The lowest BCUT2D eigenvalue weighted by atomic mass is 9.72. The second-order valence-electron chi connectivity index (χ2n) is 6.82. The van der Waals surface area contributed by atoms with E-state index in [1.54, 1.807) is 0 Å². The molecule has 0 amide bonds. The van der Waals surface area contributed by atoms with Crippen molar-refractivity contribution in [1.82, 2.24) is 0 Å². The van der Waals surface area contributed by atoms with Crippen molar-refractivity contribution in [3.05, 3.63) is 83.5 Å². The minimum Gasteiger partial charge on any atom is -0.508 e. The van der Waals surface area contributed by atoms with E-state index in [9.17, 15) is 45.3 Å². The van der Waals surface area contributed by atoms with Gasteiger partial charge in [0.1, 0.15) is 11.5 Å². The molecule has 0 heterocycles. The smallest absolute Gasteiger partial charge is 0.411 e. The lowest BCUT2D eigenvalue weighted by Crippen LogP contribution is -2.54. The van der Waals surface area contributed by atoms with Crippen molar-refractivity contribution in [2.45, 2.75) is 30.6 Å². The van der Waals surface area contributed by atoms with Crippen LogP contribution in [0.25, 0.3) is 0 Å². The molecule has 2 rings (SSSR count). The molecule has 0 aliphatic heterocycles. The number of phenolic OH excluding ortho intramolecular Hbond substituents is 2. The van der Waals surface area contributed by atoms with Crippen molar-refractivity contribution in [2.24, 2.45) is 0 Å². The molecule has 0 fully saturated rings. The summed E-state index contributed by atoms with van der Waals surface area (Å²) in [4.78, 5) is 0. The number of hydrogen-bond acceptors (Lipinski definition) is 2. The normalized spacial score (nSPS) is 12.6. The zero-order chi connectivity index (χ0) is 23.8. The monoisotopic (exact) mass is 452 g/mol. The number of alkyl halides is 6. The van der Waals surface area contributed by atoms with Gasteiger partial charge in [0.05, 0.1) is 11.7 Å². The van der Waals surface area contributed by atoms with E-state index in [4.69, 9.17) is 0 Å². The lowest BCUT2D eigenvalue weighted by Gasteiger charge is -2.38. The molecule has 31 heavy (non-hydrogen) atoms. The minimum absolute atomic E-state index is 0.391. The van der Waals surface area contributed by atoms with Gasteiger partial charge >= 0.3 is 12.4 Å². The molecule has 168 valence electrons. The number of phenols is 2. The Morgan fingerprint density at radius 2 is 1.00 bits per heavy atom. The van der Waals surface area contributed by atoms with Gasteiger partial charge < -0.3 is 10.2 Å². The largest absolute Gasteiger partial charge is 0.508 e. The highest BCUT2D eigenvalue weighted by atomic mass is 19.4. The quantitative estimate of drug-likeness (QED) is 0.488. The molecule has 10 heteroatoms. The van der Waals surface area contributed by atoms with Gasteiger partial charge in [0.2, 0.25) is 5.41 Å². The zero-order valence-corrected chi connectivity index (χ0v) is 15.7. The molecule has 2 N–H and O–H groups in total. The molecule has 0 saturated carbocycles. The molecule has 0 saturated heterocycles. The number of aromatic hydroxyl groups is 2. The van der Waals surface area contributed by atoms with Crippen LogP contribution < -0.4 is 0 Å². The van der Waals surface area contributed by atoms with Crippen LogP contribution in [-0.2, 0) is 18.3 Å². The van der Waals surface area contributed by atoms with Gasteiger partial charge in [-0.1, -0.05) is 37.4 Å². The molecule has 0 spiro atoms. The molecular formula is C21H16F8O2. The third kappa shape index (κ3) is 4.52. The average molecular weight is 452 g/mol. The van der Waals surface area contributed by atoms with E-state index in [1.165, 1.54) is 0 Å². The lowest BCUT2D eigenvalue weighted by molar-refractivity contribution is -0.288. The van der Waals surface area contributed by atoms with Crippen LogP contribution in [0.5, 0.6) is 11.5 Å². The number of halogens is 8. The molecule has 2 aromatic carbocycles. The van der Waals surface area contributed by atoms with Crippen LogP contribution in [0.2, 0.25) is 0 Å². The molecule has 0 aliphatic rings. The van der Waals surface area contributed by atoms with Gasteiger partial charge in [-0.25, -0.2) is 8.78 Å². The highest BCUT2D eigenvalue weighted by molar-refractivity contribution is 5.51. The molecule has 2 nitrogen and oxygen atoms in total. The van der Waals surface area contributed by atoms with E-state index >= 15 is 0 Å². The fourth-order valence-corrected chi connectivity index (χ4v) is 3.32. The van der Waals surface area contributed by atoms with Crippen molar-refractivity contribution >= 4 is 0 Å². The van der Waals surface area contributed by atoms with E-state index in [2.05, 4.69) is 13.2 Å². The summed E-state index contributed by atoms with van der Waals surface area (Å²) in [5, 5.41) is 19.5. The number of hydrogen-bond donors (Lipinski definition) is 2. The topological polar surface area (TPSA) is 40.5 Å². The number of benzene rings is 2. The fourth-order valence-electron chi connectivity index (χ4n) is 3.32. The summed E-state index contributed by atoms with van der Waals surface area (Å²) in [5.74, 6) is -3.63. The standard InChI is InChI=1S/C21H16F8O2/c1-11(22)7-13-9-15(3-5-17(13)30)19(20(24,25)26,21(27,28)29)16-4-6-18(31)14(10-16)8-12(2)23/h3-6,9-10,30-31H,1-2,7-8H2. The van der Waals surface area contributed by atoms with Gasteiger partial charge in [0.15, 0.2) is 0 Å². The van der Waals surface area contributed by atoms with Crippen molar-refractivity contribution < 1.29 is 45.3 Å². The third-order valence-corrected chi connectivity index (χ3v) is 4.64. The van der Waals surface area contributed by atoms with E-state index in [-0.39, 0.29) is 0 Å². The van der Waals surface area contributed by atoms with Crippen LogP contribution in [0.1, 0.15) is 22.3 Å². The second-order valence-corrected chi connectivity index (χ2v) is 6.82. The van der Waals surface area contributed by atoms with E-state index in [0.717, 1.165) is 0 Å². The average Bonchev–Trinajstić information content (AvgIpc) is 2.57. The Kier molecular flexibility index (Phi) is 6.44. The van der Waals surface area contributed by atoms with Gasteiger partial charge in [-0.3, -0.25) is 0 Å². The van der Waals surface area contributed by atoms with E-state index in [0.29, 0.717) is 36.4 Å². The van der Waals surface area contributed by atoms with E-state index < -0.39 is 76.0 Å². The molecule has 2 aromatic rings. The van der Waals surface area contributed by atoms with Gasteiger partial charge in [0, 0.05) is 24.0 Å². The maximum Gasteiger partial charge on any atom is 0.411 e. The Hall–Kier alpha value is -3.04. The Balaban J connectivity index is 2.94. The van der Waals surface area contributed by atoms with Crippen molar-refractivity contribution in [3.63, 3.8) is 0 Å². The maximum atomic E-state index is 14.2. The summed E-state index contributed by atoms with van der Waals surface area (Å²) in [6.07, 6.45) is -13.6. The predicted octanol–water partition coefficient (Wildman–Crippen LogP) is 6.56. The first-order valence-electron chi connectivity index (χ1n) is 8.56. The first kappa shape index (κ1) is 24.2. The van der Waals surface area contributed by atoms with Gasteiger partial charge in [-0.2, -0.15) is 26.3 Å². The molecular weight excluding hydrogens is 436 g/mol. The second kappa shape index (κ2) is 8.24. The summed E-state index contributed by atoms with van der Waals surface area (Å²) in [7, 11) is 0. The van der Waals surface area contributed by atoms with E-state index in [1.807, 2.05) is 0 Å². The van der Waals surface area contributed by atoms with Gasteiger partial charge in [-0.15, -0.1) is 0 Å². The van der Waals surface area contributed by atoms with Crippen LogP contribution >= 0.6 is 0 Å². The maximum absolute atomic E-state index is 14.2. The Bertz CT molecular complexity index is 924. The predicted molar refractivity (Wildman–Crippen MR) is 97.0 cm³/mol. The number of allylic oxidation sites excluding steroid dienone is 2.